The molecule has 1 heterocycles. The summed E-state index contributed by atoms with van der Waals surface area (Å²) in [5.74, 6) is 0.557. The minimum absolute atomic E-state index is 0.0466. The molecule has 0 spiro atoms. The maximum atomic E-state index is 12.5. The van der Waals surface area contributed by atoms with Crippen molar-refractivity contribution in [3.63, 3.8) is 0 Å². The Morgan fingerprint density at radius 1 is 1.29 bits per heavy atom. The van der Waals surface area contributed by atoms with Gasteiger partial charge in [0.05, 0.1) is 33.4 Å². The van der Waals surface area contributed by atoms with Crippen LogP contribution in [0, 0.1) is 0 Å². The summed E-state index contributed by atoms with van der Waals surface area (Å²) in [5, 5.41) is 11.9. The van der Waals surface area contributed by atoms with Crippen molar-refractivity contribution in [3.05, 3.63) is 23.8 Å². The Bertz CT molecular complexity index is 674. The lowest BCUT2D eigenvalue weighted by atomic mass is 10.0. The molecule has 1 atom stereocenters. The molecule has 2 rings (SSSR count). The van der Waals surface area contributed by atoms with Crippen molar-refractivity contribution < 1.29 is 24.2 Å². The summed E-state index contributed by atoms with van der Waals surface area (Å²) in [6.45, 7) is 3.84. The maximum Gasteiger partial charge on any atom is 0.317 e. The maximum absolute atomic E-state index is 12.5. The first-order valence-electron chi connectivity index (χ1n) is 9.49. The van der Waals surface area contributed by atoms with Gasteiger partial charge < -0.3 is 19.9 Å². The molecule has 1 unspecified atom stereocenters. The van der Waals surface area contributed by atoms with Crippen LogP contribution in [0.15, 0.2) is 18.2 Å². The van der Waals surface area contributed by atoms with Gasteiger partial charge in [0.25, 0.3) is 0 Å². The van der Waals surface area contributed by atoms with Crippen LogP contribution in [0.5, 0.6) is 11.5 Å². The third-order valence-corrected chi connectivity index (χ3v) is 5.21. The number of carbonyl (C=O) groups excluding carboxylic acids is 1. The largest absolute Gasteiger partial charge is 0.497 e. The van der Waals surface area contributed by atoms with Crippen LogP contribution in [0.4, 0.5) is 0 Å². The standard InChI is InChI=1S/C20H31N3O5/c1-14(17-11-16(27-3)5-6-18(17)28-4)21-19(24)12-23-9-7-15(8-10-23)22(2)13-20(25)26/h5-6,11,14-15H,7-10,12-13H2,1-4H3,(H,21,24)(H,25,26). The van der Waals surface area contributed by atoms with Crippen LogP contribution in [0.3, 0.4) is 0 Å². The van der Waals surface area contributed by atoms with Crippen LogP contribution in [0.25, 0.3) is 0 Å². The minimum atomic E-state index is -0.814. The summed E-state index contributed by atoms with van der Waals surface area (Å²) in [7, 11) is 5.04. The monoisotopic (exact) mass is 393 g/mol. The first-order valence-corrected chi connectivity index (χ1v) is 9.49. The lowest BCUT2D eigenvalue weighted by molar-refractivity contribution is -0.138. The van der Waals surface area contributed by atoms with Crippen LogP contribution in [0.2, 0.25) is 0 Å². The fraction of sp³-hybridized carbons (Fsp3) is 0.600. The number of hydrogen-bond donors (Lipinski definition) is 2. The highest BCUT2D eigenvalue weighted by atomic mass is 16.5. The molecular weight excluding hydrogens is 362 g/mol. The number of amides is 1. The molecule has 1 aromatic carbocycles. The number of hydrogen-bond acceptors (Lipinski definition) is 6. The van der Waals surface area contributed by atoms with E-state index in [9.17, 15) is 9.59 Å². The van der Waals surface area contributed by atoms with Crippen LogP contribution in [-0.2, 0) is 9.59 Å². The van der Waals surface area contributed by atoms with E-state index in [0.29, 0.717) is 18.0 Å². The molecule has 1 amide bonds. The molecule has 0 radical (unpaired) electrons. The van der Waals surface area contributed by atoms with Crippen molar-refractivity contribution in [2.75, 3.05) is 47.4 Å². The number of methoxy groups -OCH3 is 2. The molecular formula is C20H31N3O5. The summed E-state index contributed by atoms with van der Waals surface area (Å²) >= 11 is 0. The molecule has 28 heavy (non-hydrogen) atoms. The van der Waals surface area contributed by atoms with Gasteiger partial charge in [0.1, 0.15) is 11.5 Å². The summed E-state index contributed by atoms with van der Waals surface area (Å²) in [5.41, 5.74) is 0.865. The number of likely N-dealkylation sites (N-methyl/N-ethyl adjacent to an activating group) is 1. The molecule has 2 N–H and O–H groups in total. The predicted molar refractivity (Wildman–Crippen MR) is 106 cm³/mol. The normalized spacial score (nSPS) is 16.6. The van der Waals surface area contributed by atoms with E-state index in [0.717, 1.165) is 31.5 Å². The molecule has 1 aromatic rings. The number of piperidine rings is 1. The average Bonchev–Trinajstić information content (AvgIpc) is 2.67. The van der Waals surface area contributed by atoms with Gasteiger partial charge in [-0.25, -0.2) is 0 Å². The highest BCUT2D eigenvalue weighted by Crippen LogP contribution is 2.29. The average molecular weight is 393 g/mol. The molecule has 1 aliphatic rings. The Kier molecular flexibility index (Phi) is 8.07. The summed E-state index contributed by atoms with van der Waals surface area (Å²) in [6, 6.07) is 5.55. The van der Waals surface area contributed by atoms with Gasteiger partial charge in [0.15, 0.2) is 0 Å². The van der Waals surface area contributed by atoms with E-state index >= 15 is 0 Å². The molecule has 0 aromatic heterocycles. The van der Waals surface area contributed by atoms with Crippen molar-refractivity contribution in [1.29, 1.82) is 0 Å². The number of nitrogens with zero attached hydrogens (tertiary/aromatic N) is 2. The summed E-state index contributed by atoms with van der Waals surface area (Å²) in [6.07, 6.45) is 1.71. The van der Waals surface area contributed by atoms with Crippen LogP contribution in [-0.4, -0.2) is 80.3 Å². The summed E-state index contributed by atoms with van der Waals surface area (Å²) < 4.78 is 10.7. The molecule has 8 heteroatoms. The highest BCUT2D eigenvalue weighted by molar-refractivity contribution is 5.78. The van der Waals surface area contributed by atoms with Crippen molar-refractivity contribution in [1.82, 2.24) is 15.1 Å². The second kappa shape index (κ2) is 10.3. The van der Waals surface area contributed by atoms with Gasteiger partial charge in [-0.1, -0.05) is 0 Å². The van der Waals surface area contributed by atoms with Gasteiger partial charge in [0.2, 0.25) is 5.91 Å². The van der Waals surface area contributed by atoms with Gasteiger partial charge in [-0.3, -0.25) is 19.4 Å². The van der Waals surface area contributed by atoms with Crippen LogP contribution < -0.4 is 14.8 Å². The fourth-order valence-electron chi connectivity index (χ4n) is 3.61. The SMILES string of the molecule is COc1ccc(OC)c(C(C)NC(=O)CN2CCC(N(C)CC(=O)O)CC2)c1. The van der Waals surface area contributed by atoms with Gasteiger partial charge in [-0.15, -0.1) is 0 Å². The van der Waals surface area contributed by atoms with E-state index in [4.69, 9.17) is 14.6 Å². The van der Waals surface area contributed by atoms with E-state index in [1.165, 1.54) is 0 Å². The molecule has 0 bridgehead atoms. The van der Waals surface area contributed by atoms with Gasteiger partial charge in [-0.05, 0) is 45.0 Å². The summed E-state index contributed by atoms with van der Waals surface area (Å²) in [4.78, 5) is 27.3. The van der Waals surface area contributed by atoms with E-state index < -0.39 is 5.97 Å². The molecule has 1 fully saturated rings. The van der Waals surface area contributed by atoms with Crippen LogP contribution in [0.1, 0.15) is 31.4 Å². The van der Waals surface area contributed by atoms with Crippen molar-refractivity contribution in [2.45, 2.75) is 31.8 Å². The van der Waals surface area contributed by atoms with Crippen molar-refractivity contribution >= 4 is 11.9 Å². The molecule has 8 nitrogen and oxygen atoms in total. The lowest BCUT2D eigenvalue weighted by Gasteiger charge is -2.35. The first kappa shape index (κ1) is 22.0. The zero-order valence-corrected chi connectivity index (χ0v) is 17.1. The molecule has 1 saturated heterocycles. The Morgan fingerprint density at radius 2 is 1.96 bits per heavy atom. The Labute approximate surface area is 166 Å². The molecule has 0 aliphatic carbocycles. The highest BCUT2D eigenvalue weighted by Gasteiger charge is 2.25. The number of ether oxygens (including phenoxy) is 2. The number of carboxylic acid groups (broad SMARTS) is 1. The molecule has 1 aliphatic heterocycles. The third kappa shape index (κ3) is 6.10. The molecule has 156 valence electrons. The van der Waals surface area contributed by atoms with E-state index in [1.54, 1.807) is 14.2 Å². The van der Waals surface area contributed by atoms with E-state index in [2.05, 4.69) is 10.2 Å². The van der Waals surface area contributed by atoms with Gasteiger partial charge >= 0.3 is 5.97 Å². The number of rotatable bonds is 9. The zero-order chi connectivity index (χ0) is 20.7. The predicted octanol–water partition coefficient (Wildman–Crippen LogP) is 1.36. The van der Waals surface area contributed by atoms with Gasteiger partial charge in [0, 0.05) is 24.7 Å². The quantitative estimate of drug-likeness (QED) is 0.655. The number of carbonyl (C=O) groups is 2. The third-order valence-electron chi connectivity index (χ3n) is 5.21. The lowest BCUT2D eigenvalue weighted by Crippen LogP contribution is -2.47. The zero-order valence-electron chi connectivity index (χ0n) is 17.1. The first-order chi connectivity index (χ1) is 13.3. The number of nitrogens with one attached hydrogen (secondary N) is 1. The second-order valence-electron chi connectivity index (χ2n) is 7.21. The number of likely N-dealkylation sites (tertiary alicyclic amines) is 1. The fourth-order valence-corrected chi connectivity index (χ4v) is 3.61. The van der Waals surface area contributed by atoms with Crippen molar-refractivity contribution in [3.8, 4) is 11.5 Å². The number of benzene rings is 1. The smallest absolute Gasteiger partial charge is 0.317 e. The Morgan fingerprint density at radius 3 is 2.54 bits per heavy atom. The van der Waals surface area contributed by atoms with Gasteiger partial charge in [-0.2, -0.15) is 0 Å². The molecule has 0 saturated carbocycles. The number of carboxylic acids is 1. The topological polar surface area (TPSA) is 91.3 Å². The Balaban J connectivity index is 1.85. The minimum Gasteiger partial charge on any atom is -0.497 e. The second-order valence-corrected chi connectivity index (χ2v) is 7.21. The van der Waals surface area contributed by atoms with E-state index in [-0.39, 0.29) is 24.5 Å². The van der Waals surface area contributed by atoms with Crippen molar-refractivity contribution in [2.24, 2.45) is 0 Å². The number of aliphatic carboxylic acids is 1. The Hall–Kier alpha value is -2.32. The van der Waals surface area contributed by atoms with E-state index in [1.807, 2.05) is 37.1 Å². The van der Waals surface area contributed by atoms with Crippen LogP contribution >= 0.6 is 0 Å².